The fourth-order valence-corrected chi connectivity index (χ4v) is 1.95. The van der Waals surface area contributed by atoms with Crippen molar-refractivity contribution in [2.45, 2.75) is 39.7 Å². The van der Waals surface area contributed by atoms with Crippen molar-refractivity contribution in [1.82, 2.24) is 4.98 Å². The van der Waals surface area contributed by atoms with E-state index in [9.17, 15) is 0 Å². The molecule has 1 atom stereocenters. The van der Waals surface area contributed by atoms with Gasteiger partial charge in [0.25, 0.3) is 0 Å². The molecule has 0 fully saturated rings. The zero-order valence-electron chi connectivity index (χ0n) is 8.95. The van der Waals surface area contributed by atoms with E-state index in [1.165, 1.54) is 4.88 Å². The van der Waals surface area contributed by atoms with Gasteiger partial charge in [-0.25, -0.2) is 4.98 Å². The number of thiazole rings is 1. The third-order valence-corrected chi connectivity index (χ3v) is 2.95. The van der Waals surface area contributed by atoms with Crippen LogP contribution in [0.3, 0.4) is 0 Å². The Morgan fingerprint density at radius 1 is 1.71 bits per heavy atom. The Morgan fingerprint density at radius 3 is 2.93 bits per heavy atom. The highest BCUT2D eigenvalue weighted by Gasteiger charge is 2.07. The van der Waals surface area contributed by atoms with Gasteiger partial charge in [0, 0.05) is 17.5 Å². The molecule has 0 spiro atoms. The minimum absolute atomic E-state index is 0.0975. The molecular formula is C10H17N3S. The second-order valence-corrected chi connectivity index (χ2v) is 4.62. The molecule has 14 heavy (non-hydrogen) atoms. The first kappa shape index (κ1) is 11.2. The molecular weight excluding hydrogens is 194 g/mol. The van der Waals surface area contributed by atoms with E-state index in [-0.39, 0.29) is 6.04 Å². The molecule has 1 aromatic heterocycles. The number of hydrogen-bond donors (Lipinski definition) is 1. The Labute approximate surface area is 89.1 Å². The maximum atomic E-state index is 5.76. The normalized spacial score (nSPS) is 14.4. The van der Waals surface area contributed by atoms with Crippen LogP contribution < -0.4 is 5.73 Å². The van der Waals surface area contributed by atoms with Gasteiger partial charge in [-0.15, -0.1) is 11.3 Å². The lowest BCUT2D eigenvalue weighted by molar-refractivity contribution is 0.796. The highest BCUT2D eigenvalue weighted by molar-refractivity contribution is 7.11. The lowest BCUT2D eigenvalue weighted by atomic mass is 10.3. The van der Waals surface area contributed by atoms with E-state index in [0.29, 0.717) is 0 Å². The molecule has 0 radical (unpaired) electrons. The summed E-state index contributed by atoms with van der Waals surface area (Å²) in [5.74, 6) is 0.729. The van der Waals surface area contributed by atoms with Crippen molar-refractivity contribution in [1.29, 1.82) is 0 Å². The summed E-state index contributed by atoms with van der Waals surface area (Å²) < 4.78 is 0. The Hall–Kier alpha value is -0.900. The molecule has 78 valence electrons. The monoisotopic (exact) mass is 211 g/mol. The van der Waals surface area contributed by atoms with Gasteiger partial charge < -0.3 is 5.73 Å². The van der Waals surface area contributed by atoms with Crippen LogP contribution in [-0.2, 0) is 0 Å². The molecule has 1 unspecified atom stereocenters. The van der Waals surface area contributed by atoms with Gasteiger partial charge in [0.15, 0.2) is 0 Å². The predicted octanol–water partition coefficient (Wildman–Crippen LogP) is 2.67. The van der Waals surface area contributed by atoms with Gasteiger partial charge in [0.05, 0.1) is 5.84 Å². The van der Waals surface area contributed by atoms with Crippen LogP contribution in [0.25, 0.3) is 0 Å². The highest BCUT2D eigenvalue weighted by atomic mass is 32.1. The summed E-state index contributed by atoms with van der Waals surface area (Å²) in [4.78, 5) is 9.90. The van der Waals surface area contributed by atoms with Crippen LogP contribution in [0.2, 0.25) is 0 Å². The molecule has 0 aliphatic rings. The maximum Gasteiger partial charge on any atom is 0.117 e. The summed E-state index contributed by atoms with van der Waals surface area (Å²) in [5.41, 5.74) is 5.76. The van der Waals surface area contributed by atoms with Gasteiger partial charge in [0.1, 0.15) is 11.0 Å². The van der Waals surface area contributed by atoms with Crippen molar-refractivity contribution in [3.05, 3.63) is 16.1 Å². The topological polar surface area (TPSA) is 51.3 Å². The number of aromatic nitrogens is 1. The first-order valence-corrected chi connectivity index (χ1v) is 5.69. The van der Waals surface area contributed by atoms with E-state index in [1.807, 2.05) is 20.0 Å². The molecule has 2 N–H and O–H groups in total. The molecule has 3 nitrogen and oxygen atoms in total. The van der Waals surface area contributed by atoms with Crippen molar-refractivity contribution in [3.63, 3.8) is 0 Å². The summed E-state index contributed by atoms with van der Waals surface area (Å²) in [5, 5.41) is 1.04. The van der Waals surface area contributed by atoms with Gasteiger partial charge >= 0.3 is 0 Å². The van der Waals surface area contributed by atoms with E-state index < -0.39 is 0 Å². The molecule has 0 bridgehead atoms. The Bertz CT molecular complexity index is 317. The first-order chi connectivity index (χ1) is 6.63. The number of aliphatic imine (C=N–C) groups is 1. The highest BCUT2D eigenvalue weighted by Crippen LogP contribution is 2.22. The maximum absolute atomic E-state index is 5.76. The zero-order chi connectivity index (χ0) is 10.6. The molecule has 1 rings (SSSR count). The van der Waals surface area contributed by atoms with Gasteiger partial charge in [-0.2, -0.15) is 0 Å². The minimum Gasteiger partial charge on any atom is -0.387 e. The second-order valence-electron chi connectivity index (χ2n) is 3.36. The number of hydrogen-bond acceptors (Lipinski definition) is 3. The third-order valence-electron chi connectivity index (χ3n) is 1.86. The number of aryl methyl sites for hydroxylation is 1. The molecule has 4 heteroatoms. The SMILES string of the molecule is CCCC(N)=NC(C)c1ncc(C)s1. The van der Waals surface area contributed by atoms with Gasteiger partial charge in [-0.3, -0.25) is 4.99 Å². The number of nitrogens with two attached hydrogens (primary N) is 1. The van der Waals surface area contributed by atoms with Gasteiger partial charge in [-0.05, 0) is 20.3 Å². The van der Waals surface area contributed by atoms with Crippen molar-refractivity contribution >= 4 is 17.2 Å². The fourth-order valence-electron chi connectivity index (χ4n) is 1.19. The van der Waals surface area contributed by atoms with E-state index in [4.69, 9.17) is 5.73 Å². The van der Waals surface area contributed by atoms with Crippen LogP contribution in [0, 0.1) is 6.92 Å². The molecule has 0 saturated carbocycles. The van der Waals surface area contributed by atoms with Crippen molar-refractivity contribution in [2.75, 3.05) is 0 Å². The third kappa shape index (κ3) is 3.10. The van der Waals surface area contributed by atoms with E-state index >= 15 is 0 Å². The molecule has 0 saturated heterocycles. The Balaban J connectivity index is 2.66. The largest absolute Gasteiger partial charge is 0.387 e. The van der Waals surface area contributed by atoms with Gasteiger partial charge in [0.2, 0.25) is 0 Å². The van der Waals surface area contributed by atoms with Crippen LogP contribution in [0.15, 0.2) is 11.2 Å². The Morgan fingerprint density at radius 2 is 2.43 bits per heavy atom. The van der Waals surface area contributed by atoms with Crippen molar-refractivity contribution < 1.29 is 0 Å². The quantitative estimate of drug-likeness (QED) is 0.615. The van der Waals surface area contributed by atoms with E-state index in [1.54, 1.807) is 11.3 Å². The predicted molar refractivity (Wildman–Crippen MR) is 61.8 cm³/mol. The van der Waals surface area contributed by atoms with Crippen LogP contribution in [0.1, 0.15) is 42.6 Å². The van der Waals surface area contributed by atoms with Crippen LogP contribution in [0.4, 0.5) is 0 Å². The summed E-state index contributed by atoms with van der Waals surface area (Å²) >= 11 is 1.68. The van der Waals surface area contributed by atoms with Crippen LogP contribution in [0.5, 0.6) is 0 Å². The van der Waals surface area contributed by atoms with Crippen LogP contribution >= 0.6 is 11.3 Å². The number of rotatable bonds is 4. The van der Waals surface area contributed by atoms with E-state index in [0.717, 1.165) is 23.7 Å². The number of amidine groups is 1. The molecule has 1 heterocycles. The summed E-state index contributed by atoms with van der Waals surface area (Å²) in [6.07, 6.45) is 3.79. The van der Waals surface area contributed by atoms with Crippen molar-refractivity contribution in [3.8, 4) is 0 Å². The van der Waals surface area contributed by atoms with Gasteiger partial charge in [-0.1, -0.05) is 6.92 Å². The fraction of sp³-hybridized carbons (Fsp3) is 0.600. The number of nitrogens with zero attached hydrogens (tertiary/aromatic N) is 2. The minimum atomic E-state index is 0.0975. The standard InChI is InChI=1S/C10H17N3S/c1-4-5-9(11)13-8(3)10-12-6-7(2)14-10/h6,8H,4-5H2,1-3H3,(H2,11,13). The Kier molecular flexibility index (Phi) is 4.07. The molecule has 1 aromatic rings. The molecule has 0 aliphatic carbocycles. The second kappa shape index (κ2) is 5.10. The molecule has 0 aromatic carbocycles. The zero-order valence-corrected chi connectivity index (χ0v) is 9.77. The summed E-state index contributed by atoms with van der Waals surface area (Å²) in [6, 6.07) is 0.0975. The first-order valence-electron chi connectivity index (χ1n) is 4.88. The van der Waals surface area contributed by atoms with E-state index in [2.05, 4.69) is 16.9 Å². The average molecular weight is 211 g/mol. The van der Waals surface area contributed by atoms with Crippen molar-refractivity contribution in [2.24, 2.45) is 10.7 Å². The smallest absolute Gasteiger partial charge is 0.117 e. The summed E-state index contributed by atoms with van der Waals surface area (Å²) in [6.45, 7) is 6.17. The lowest BCUT2D eigenvalue weighted by Gasteiger charge is -2.03. The summed E-state index contributed by atoms with van der Waals surface area (Å²) in [7, 11) is 0. The average Bonchev–Trinajstić information content (AvgIpc) is 2.52. The molecule has 0 amide bonds. The van der Waals surface area contributed by atoms with Crippen LogP contribution in [-0.4, -0.2) is 10.8 Å². The lowest BCUT2D eigenvalue weighted by Crippen LogP contribution is -2.12. The molecule has 0 aliphatic heterocycles.